The average Bonchev–Trinajstić information content (AvgIpc) is 0.763. The van der Waals surface area contributed by atoms with Gasteiger partial charge in [-0.1, -0.05) is 79.5 Å². The van der Waals surface area contributed by atoms with Crippen LogP contribution in [-0.4, -0.2) is 217 Å². The second kappa shape index (κ2) is 39.0. The molecule has 21 N–H and O–H groups in total. The van der Waals surface area contributed by atoms with Crippen LogP contribution in [0.15, 0.2) is 127 Å². The van der Waals surface area contributed by atoms with Crippen molar-refractivity contribution in [3.05, 3.63) is 176 Å². The van der Waals surface area contributed by atoms with Crippen molar-refractivity contribution in [3.8, 4) is 62.9 Å². The first kappa shape index (κ1) is 93.4. The number of alkyl halides is 3. The van der Waals surface area contributed by atoms with Crippen LogP contribution in [0.4, 0.5) is 18.9 Å². The smallest absolute Gasteiger partial charge is 0.508 e. The summed E-state index contributed by atoms with van der Waals surface area (Å²) in [6, 6.07) is 11.0. The molecule has 11 bridgehead atoms. The quantitative estimate of drug-likeness (QED) is 0.0458. The van der Waals surface area contributed by atoms with Gasteiger partial charge in [-0.25, -0.2) is 5.01 Å². The van der Waals surface area contributed by atoms with Gasteiger partial charge in [0, 0.05) is 55.5 Å². The Balaban J connectivity index is 1.000. The van der Waals surface area contributed by atoms with Gasteiger partial charge in [-0.3, -0.25) is 48.6 Å². The number of hydrazine groups is 1. The molecular formula is C84H93Cl2F3N12O25. The summed E-state index contributed by atoms with van der Waals surface area (Å²) < 4.78 is 81.9. The van der Waals surface area contributed by atoms with Crippen LogP contribution < -0.4 is 78.0 Å². The van der Waals surface area contributed by atoms with Crippen LogP contribution in [0.5, 0.6) is 51.7 Å². The molecule has 0 spiro atoms. The number of hydrogen-bond donors (Lipinski definition) is 20. The van der Waals surface area contributed by atoms with Gasteiger partial charge in [0.25, 0.3) is 5.91 Å². The first-order chi connectivity index (χ1) is 59.5. The van der Waals surface area contributed by atoms with Crippen molar-refractivity contribution in [2.75, 3.05) is 33.1 Å². The fraction of sp³-hybridized carbons (Fsp3) is 0.393. The zero-order valence-corrected chi connectivity index (χ0v) is 69.7. The summed E-state index contributed by atoms with van der Waals surface area (Å²) in [6.45, 7) is 5.70. The number of primary amides is 1. The molecule has 7 aromatic carbocycles. The van der Waals surface area contributed by atoms with E-state index >= 15 is 24.0 Å². The predicted octanol–water partition coefficient (Wildman–Crippen LogP) is 3.53. The van der Waals surface area contributed by atoms with Crippen molar-refractivity contribution in [2.24, 2.45) is 11.7 Å². The number of aromatic hydroxyl groups is 3. The Kier molecular flexibility index (Phi) is 28.9. The molecular weight excluding hydrogens is 1700 g/mol. The minimum Gasteiger partial charge on any atom is -0.508 e. The van der Waals surface area contributed by atoms with Crippen molar-refractivity contribution in [1.82, 2.24) is 53.0 Å². The number of benzene rings is 7. The summed E-state index contributed by atoms with van der Waals surface area (Å²) in [4.78, 5) is 133. The van der Waals surface area contributed by atoms with Gasteiger partial charge in [-0.05, 0) is 151 Å². The van der Waals surface area contributed by atoms with Gasteiger partial charge in [0.1, 0.15) is 101 Å². The molecule has 7 aliphatic rings. The Morgan fingerprint density at radius 3 is 1.95 bits per heavy atom. The summed E-state index contributed by atoms with van der Waals surface area (Å²) in [7, 11) is 4.27. The number of nitrogens with one attached hydrogen (secondary N) is 10. The third kappa shape index (κ3) is 21.7. The van der Waals surface area contributed by atoms with Crippen molar-refractivity contribution in [2.45, 2.75) is 176 Å². The normalized spacial score (nSPS) is 26.0. The molecule has 42 heteroatoms. The Hall–Kier alpha value is -11.7. The number of ether oxygens (including phenoxy) is 7. The van der Waals surface area contributed by atoms with Crippen LogP contribution in [-0.2, 0) is 70.3 Å². The van der Waals surface area contributed by atoms with Gasteiger partial charge in [0.15, 0.2) is 23.9 Å². The zero-order valence-electron chi connectivity index (χ0n) is 68.2. The number of aliphatic hydroxyl groups is 6. The predicted molar refractivity (Wildman–Crippen MR) is 438 cm³/mol. The van der Waals surface area contributed by atoms with Crippen LogP contribution in [0, 0.1) is 5.92 Å². The summed E-state index contributed by atoms with van der Waals surface area (Å²) in [5, 5.41) is 131. The van der Waals surface area contributed by atoms with Crippen LogP contribution in [0.25, 0.3) is 11.1 Å². The highest BCUT2D eigenvalue weighted by Gasteiger charge is 2.53. The van der Waals surface area contributed by atoms with Gasteiger partial charge in [0.2, 0.25) is 59.3 Å². The third-order valence-electron chi connectivity index (χ3n) is 21.5. The number of halogens is 5. The Labute approximate surface area is 726 Å². The number of carbonyl (C=O) groups is 9. The molecule has 0 aliphatic carbocycles. The summed E-state index contributed by atoms with van der Waals surface area (Å²) in [5.74, 6) is -16.3. The largest absolute Gasteiger partial charge is 0.573 e. The first-order valence-electron chi connectivity index (χ1n) is 39.5. The van der Waals surface area contributed by atoms with Crippen LogP contribution in [0.2, 0.25) is 10.0 Å². The van der Waals surface area contributed by atoms with Gasteiger partial charge in [0.05, 0.1) is 47.7 Å². The first-order valence-corrected chi connectivity index (χ1v) is 40.2. The fourth-order valence-electron chi connectivity index (χ4n) is 15.2. The lowest BCUT2D eigenvalue weighted by atomic mass is 9.84. The molecule has 18 atom stereocenters. The topological polar surface area (TPSA) is 550 Å². The van der Waals surface area contributed by atoms with Crippen molar-refractivity contribution < 1.29 is 135 Å². The van der Waals surface area contributed by atoms with Crippen molar-refractivity contribution in [3.63, 3.8) is 0 Å². The maximum Gasteiger partial charge on any atom is 0.573 e. The molecule has 2 fully saturated rings. The maximum absolute atomic E-state index is 16.3. The highest BCUT2D eigenvalue weighted by Crippen LogP contribution is 2.50. The molecule has 7 aliphatic heterocycles. The van der Waals surface area contributed by atoms with Gasteiger partial charge >= 0.3 is 6.36 Å². The number of aliphatic hydroxyl groups excluding tert-OH is 6. The van der Waals surface area contributed by atoms with Crippen molar-refractivity contribution >= 4 is 82.1 Å². The van der Waals surface area contributed by atoms with Crippen molar-refractivity contribution in [1.29, 1.82) is 0 Å². The number of carbonyl (C=O) groups excluding carboxylic acids is 9. The van der Waals surface area contributed by atoms with E-state index in [0.717, 1.165) is 78.9 Å². The number of phenolic OH excluding ortho intramolecular Hbond substituents is 3. The van der Waals surface area contributed by atoms with E-state index < -0.39 is 260 Å². The van der Waals surface area contributed by atoms with Gasteiger partial charge in [-0.15, -0.1) is 13.2 Å². The van der Waals surface area contributed by atoms with E-state index in [2.05, 4.69) is 58.0 Å². The second-order valence-corrected chi connectivity index (χ2v) is 32.4. The number of fused-ring (bicyclic) bond motifs is 15. The Bertz CT molecular complexity index is 5300. The average molecular weight is 1800 g/mol. The minimum absolute atomic E-state index is 0.0103. The number of anilines is 1. The highest BCUT2D eigenvalue weighted by molar-refractivity contribution is 6.32. The monoisotopic (exact) mass is 1800 g/mol. The lowest BCUT2D eigenvalue weighted by Gasteiger charge is -2.48. The number of hydrogen-bond acceptors (Lipinski definition) is 28. The Morgan fingerprint density at radius 2 is 1.33 bits per heavy atom. The summed E-state index contributed by atoms with van der Waals surface area (Å²) in [5.41, 5.74) is 5.57. The van der Waals surface area contributed by atoms with Crippen LogP contribution >= 0.6 is 23.2 Å². The van der Waals surface area contributed by atoms with Gasteiger partial charge in [-0.2, -0.15) is 0 Å². The van der Waals surface area contributed by atoms with E-state index in [1.165, 1.54) is 57.3 Å². The second-order valence-electron chi connectivity index (χ2n) is 31.6. The minimum atomic E-state index is -4.93. The molecule has 18 unspecified atom stereocenters. The molecule has 2 saturated heterocycles. The number of nitrogens with two attached hydrogens (primary N) is 1. The van der Waals surface area contributed by atoms with Crippen LogP contribution in [0.3, 0.4) is 0 Å². The van der Waals surface area contributed by atoms with E-state index in [4.69, 9.17) is 57.4 Å². The van der Waals surface area contributed by atoms with Crippen LogP contribution in [0.1, 0.15) is 116 Å². The van der Waals surface area contributed by atoms with E-state index in [1.54, 1.807) is 31.2 Å². The summed E-state index contributed by atoms with van der Waals surface area (Å²) in [6.07, 6.45) is -24.7. The molecule has 14 rings (SSSR count). The molecule has 0 aromatic heterocycles. The SMILES string of the molecule is CNC(CC(C)C)C(=O)NC1C(=O)NC(CC(N)=O)C(=O)NC2C(=O)NC3C(=O)NC(C(=O)NC(C(=O)NN(C)C)c4cc(O)cc(O)c4-c4cc3ccc4O)C(O)c3ccc(c(Cl)c3)Oc3cc2cc(c3OC2OC(CO)C(O)C(O)C2OC2CC(C)(NCc3cccc(NC(=O)Cc4ccc(OC(F)(F)F)cc4)c3)C(O)C(C)O2)Oc2ccc(cc2Cl)C1O. The standard InChI is InChI=1S/C84H93Cl2F3N12O25/c1-35(2)21-50(91-5)75(113)98-66-68(108)40-14-19-54(48(85)25-40)121-56-27-42-28-57(72(56)125-82-73(71(111)70(110)58(34-102)123-82)124-61-32-83(4,74(112)36(3)120-61)92-33-38-9-8-10-43(22-38)93-60(107)23-37-11-16-45(17-12-37)126-84(87,88)89)122-55-20-15-41(26-49(55)86)69(109)67-80(118)97-65(81(119)100-101(6)7)47-29-44(103)30-53(105)62(47)46-24-39(13-18-52(46)104)63(77(115)99-67)96-78(116)64(42)95-76(114)51(31-59(90)106)94-79(66)117/h8-20,22,24-30,35-36,50-51,58,61,63-71,73-74,82,91-92,102-105,108-112H,21,23,31-34H2,1-7H3,(H2,90,106)(H,93,107)(H,94,117)(H,95,114)(H,96,116)(H,97,118)(H,98,113)(H,99,115)(H,100,119). The molecule has 7 heterocycles. The maximum atomic E-state index is 16.3. The van der Waals surface area contributed by atoms with E-state index in [1.807, 2.05) is 13.8 Å². The molecule has 0 saturated carbocycles. The van der Waals surface area contributed by atoms with E-state index in [0.29, 0.717) is 16.8 Å². The summed E-state index contributed by atoms with van der Waals surface area (Å²) >= 11 is 14.4. The molecule has 37 nitrogen and oxygen atoms in total. The number of rotatable bonds is 21. The fourth-order valence-corrected chi connectivity index (χ4v) is 15.7. The highest BCUT2D eigenvalue weighted by atomic mass is 35.5. The Morgan fingerprint density at radius 1 is 0.698 bits per heavy atom. The number of amides is 9. The molecule has 9 amide bonds. The van der Waals surface area contributed by atoms with E-state index in [9.17, 15) is 78.3 Å². The molecule has 126 heavy (non-hydrogen) atoms. The van der Waals surface area contributed by atoms with Gasteiger partial charge < -0.3 is 133 Å². The molecule has 0 radical (unpaired) electrons. The third-order valence-corrected chi connectivity index (χ3v) is 22.1. The number of likely N-dealkylation sites (N-methyl/N-ethyl adjacent to an activating group) is 1. The lowest BCUT2D eigenvalue weighted by Crippen LogP contribution is -2.65. The molecule has 674 valence electrons. The number of phenols is 3. The lowest BCUT2D eigenvalue weighted by molar-refractivity contribution is -0.334. The zero-order chi connectivity index (χ0) is 91.4. The van der Waals surface area contributed by atoms with E-state index in [-0.39, 0.29) is 54.2 Å². The molecule has 7 aromatic rings. The number of nitrogens with zero attached hydrogens (tertiary/aromatic N) is 1.